The summed E-state index contributed by atoms with van der Waals surface area (Å²) in [6.07, 6.45) is 1.57. The summed E-state index contributed by atoms with van der Waals surface area (Å²) in [7, 11) is 1.27. The molecule has 0 saturated carbocycles. The van der Waals surface area contributed by atoms with E-state index in [1.807, 2.05) is 0 Å². The molecule has 0 aliphatic rings. The average Bonchev–Trinajstić information content (AvgIpc) is 2.52. The van der Waals surface area contributed by atoms with Gasteiger partial charge in [0, 0.05) is 10.7 Å². The molecule has 22 heavy (non-hydrogen) atoms. The molecular formula is C15H13BrN2O4. The highest BCUT2D eigenvalue weighted by molar-refractivity contribution is 9.10. The standard InChI is InChI=1S/C15H13BrN2O4/c1-21-14(19)9-22-12-5-3-2-4-11(12)15(20)18-13-8-10(16)6-7-17-13/h2-8H,9H2,1H3,(H,17,18,20). The van der Waals surface area contributed by atoms with Crippen LogP contribution in [0.4, 0.5) is 5.82 Å². The fraction of sp³-hybridized carbons (Fsp3) is 0.133. The lowest BCUT2D eigenvalue weighted by Gasteiger charge is -2.10. The molecular weight excluding hydrogens is 352 g/mol. The van der Waals surface area contributed by atoms with E-state index in [-0.39, 0.29) is 12.5 Å². The summed E-state index contributed by atoms with van der Waals surface area (Å²) in [5.74, 6) is -0.211. The number of anilines is 1. The van der Waals surface area contributed by atoms with E-state index in [0.717, 1.165) is 4.47 Å². The van der Waals surface area contributed by atoms with Crippen molar-refractivity contribution in [1.29, 1.82) is 0 Å². The molecule has 0 spiro atoms. The van der Waals surface area contributed by atoms with Gasteiger partial charge in [0.05, 0.1) is 12.7 Å². The van der Waals surface area contributed by atoms with Crippen LogP contribution in [0.3, 0.4) is 0 Å². The first-order valence-corrected chi connectivity index (χ1v) is 7.11. The number of hydrogen-bond donors (Lipinski definition) is 1. The van der Waals surface area contributed by atoms with Crippen molar-refractivity contribution in [3.8, 4) is 5.75 Å². The van der Waals surface area contributed by atoms with Gasteiger partial charge in [-0.25, -0.2) is 9.78 Å². The Balaban J connectivity index is 2.14. The molecule has 1 heterocycles. The molecule has 2 rings (SSSR count). The van der Waals surface area contributed by atoms with Crippen LogP contribution in [0.1, 0.15) is 10.4 Å². The third kappa shape index (κ3) is 4.29. The summed E-state index contributed by atoms with van der Waals surface area (Å²) >= 11 is 3.30. The van der Waals surface area contributed by atoms with E-state index in [9.17, 15) is 9.59 Å². The van der Waals surface area contributed by atoms with Crippen LogP contribution in [0.25, 0.3) is 0 Å². The summed E-state index contributed by atoms with van der Waals surface area (Å²) < 4.78 is 10.6. The van der Waals surface area contributed by atoms with Gasteiger partial charge < -0.3 is 14.8 Å². The van der Waals surface area contributed by atoms with E-state index >= 15 is 0 Å². The van der Waals surface area contributed by atoms with E-state index in [1.165, 1.54) is 7.11 Å². The molecule has 0 aliphatic carbocycles. The second kappa shape index (κ2) is 7.56. The number of nitrogens with zero attached hydrogens (tertiary/aromatic N) is 1. The van der Waals surface area contributed by atoms with E-state index in [4.69, 9.17) is 4.74 Å². The van der Waals surface area contributed by atoms with Gasteiger partial charge in [0.25, 0.3) is 5.91 Å². The van der Waals surface area contributed by atoms with Crippen LogP contribution in [0.15, 0.2) is 47.1 Å². The minimum Gasteiger partial charge on any atom is -0.481 e. The van der Waals surface area contributed by atoms with Crippen molar-refractivity contribution in [3.05, 3.63) is 52.6 Å². The second-order valence-corrected chi connectivity index (χ2v) is 5.09. The van der Waals surface area contributed by atoms with Gasteiger partial charge in [-0.15, -0.1) is 0 Å². The highest BCUT2D eigenvalue weighted by Gasteiger charge is 2.14. The monoisotopic (exact) mass is 364 g/mol. The van der Waals surface area contributed by atoms with Crippen LogP contribution in [-0.4, -0.2) is 30.6 Å². The second-order valence-electron chi connectivity index (χ2n) is 4.17. The van der Waals surface area contributed by atoms with Crippen LogP contribution >= 0.6 is 15.9 Å². The maximum Gasteiger partial charge on any atom is 0.343 e. The maximum atomic E-state index is 12.3. The predicted octanol–water partition coefficient (Wildman–Crippen LogP) is 2.65. The average molecular weight is 365 g/mol. The summed E-state index contributed by atoms with van der Waals surface area (Å²) in [5, 5.41) is 2.66. The van der Waals surface area contributed by atoms with Gasteiger partial charge in [0.2, 0.25) is 0 Å². The molecule has 1 aromatic carbocycles. The quantitative estimate of drug-likeness (QED) is 0.825. The van der Waals surface area contributed by atoms with E-state index in [1.54, 1.807) is 42.6 Å². The Labute approximate surface area is 135 Å². The molecule has 6 nitrogen and oxygen atoms in total. The van der Waals surface area contributed by atoms with Crippen LogP contribution in [0.5, 0.6) is 5.75 Å². The van der Waals surface area contributed by atoms with Gasteiger partial charge >= 0.3 is 5.97 Å². The number of aromatic nitrogens is 1. The summed E-state index contributed by atoms with van der Waals surface area (Å²) in [5.41, 5.74) is 0.299. The lowest BCUT2D eigenvalue weighted by molar-refractivity contribution is -0.142. The SMILES string of the molecule is COC(=O)COc1ccccc1C(=O)Nc1cc(Br)ccn1. The minimum atomic E-state index is -0.524. The maximum absolute atomic E-state index is 12.3. The molecule has 7 heteroatoms. The molecule has 0 bridgehead atoms. The molecule has 1 N–H and O–H groups in total. The Kier molecular flexibility index (Phi) is 5.48. The number of rotatable bonds is 5. The fourth-order valence-electron chi connectivity index (χ4n) is 1.63. The van der Waals surface area contributed by atoms with Crippen molar-refractivity contribution in [1.82, 2.24) is 4.98 Å². The highest BCUT2D eigenvalue weighted by atomic mass is 79.9. The van der Waals surface area contributed by atoms with Gasteiger partial charge in [-0.2, -0.15) is 0 Å². The van der Waals surface area contributed by atoms with Gasteiger partial charge in [-0.05, 0) is 24.3 Å². The Morgan fingerprint density at radius 3 is 2.77 bits per heavy atom. The van der Waals surface area contributed by atoms with Crippen molar-refractivity contribution in [2.75, 3.05) is 19.0 Å². The molecule has 114 valence electrons. The van der Waals surface area contributed by atoms with Crippen LogP contribution in [0, 0.1) is 0 Å². The van der Waals surface area contributed by atoms with Crippen molar-refractivity contribution in [2.24, 2.45) is 0 Å². The Morgan fingerprint density at radius 1 is 1.27 bits per heavy atom. The number of benzene rings is 1. The molecule has 0 unspecified atom stereocenters. The number of carbonyl (C=O) groups excluding carboxylic acids is 2. The first kappa shape index (κ1) is 16.0. The number of ether oxygens (including phenoxy) is 2. The molecule has 0 radical (unpaired) electrons. The van der Waals surface area contributed by atoms with E-state index in [0.29, 0.717) is 17.1 Å². The van der Waals surface area contributed by atoms with Gasteiger partial charge in [-0.3, -0.25) is 4.79 Å². The predicted molar refractivity (Wildman–Crippen MR) is 83.8 cm³/mol. The Bertz CT molecular complexity index is 691. The number of methoxy groups -OCH3 is 1. The zero-order valence-electron chi connectivity index (χ0n) is 11.7. The smallest absolute Gasteiger partial charge is 0.343 e. The fourth-order valence-corrected chi connectivity index (χ4v) is 1.97. The molecule has 0 aliphatic heterocycles. The van der Waals surface area contributed by atoms with Gasteiger partial charge in [0.15, 0.2) is 6.61 Å². The molecule has 0 fully saturated rings. The van der Waals surface area contributed by atoms with Crippen LogP contribution in [-0.2, 0) is 9.53 Å². The van der Waals surface area contributed by atoms with E-state index < -0.39 is 5.97 Å². The molecule has 1 aromatic heterocycles. The number of esters is 1. The topological polar surface area (TPSA) is 77.5 Å². The number of halogens is 1. The Hall–Kier alpha value is -2.41. The van der Waals surface area contributed by atoms with Crippen LogP contribution < -0.4 is 10.1 Å². The number of hydrogen-bond acceptors (Lipinski definition) is 5. The van der Waals surface area contributed by atoms with Crippen molar-refractivity contribution in [2.45, 2.75) is 0 Å². The van der Waals surface area contributed by atoms with E-state index in [2.05, 4.69) is 31.0 Å². The number of carbonyl (C=O) groups is 2. The zero-order chi connectivity index (χ0) is 15.9. The molecule has 2 aromatic rings. The largest absolute Gasteiger partial charge is 0.481 e. The summed E-state index contributed by atoms with van der Waals surface area (Å²) in [6.45, 7) is -0.268. The first-order valence-electron chi connectivity index (χ1n) is 6.31. The number of amides is 1. The molecule has 0 atom stereocenters. The molecule has 1 amide bonds. The Morgan fingerprint density at radius 2 is 2.05 bits per heavy atom. The number of nitrogens with one attached hydrogen (secondary N) is 1. The van der Waals surface area contributed by atoms with Crippen molar-refractivity contribution >= 4 is 33.6 Å². The third-order valence-corrected chi connectivity index (χ3v) is 3.16. The van der Waals surface area contributed by atoms with Gasteiger partial charge in [0.1, 0.15) is 11.6 Å². The van der Waals surface area contributed by atoms with Gasteiger partial charge in [-0.1, -0.05) is 28.1 Å². The summed E-state index contributed by atoms with van der Waals surface area (Å²) in [4.78, 5) is 27.5. The van der Waals surface area contributed by atoms with Crippen molar-refractivity contribution < 1.29 is 19.1 Å². The lowest BCUT2D eigenvalue weighted by atomic mass is 10.2. The third-order valence-electron chi connectivity index (χ3n) is 2.67. The van der Waals surface area contributed by atoms with Crippen molar-refractivity contribution in [3.63, 3.8) is 0 Å². The first-order chi connectivity index (χ1) is 10.6. The zero-order valence-corrected chi connectivity index (χ0v) is 13.3. The normalized spacial score (nSPS) is 9.91. The number of pyridine rings is 1. The minimum absolute atomic E-state index is 0.268. The molecule has 0 saturated heterocycles. The summed E-state index contributed by atoms with van der Waals surface area (Å²) in [6, 6.07) is 10.0. The highest BCUT2D eigenvalue weighted by Crippen LogP contribution is 2.20. The number of para-hydroxylation sites is 1. The van der Waals surface area contributed by atoms with Crippen LogP contribution in [0.2, 0.25) is 0 Å². The lowest BCUT2D eigenvalue weighted by Crippen LogP contribution is -2.17.